The van der Waals surface area contributed by atoms with E-state index in [1.807, 2.05) is 57.2 Å². The van der Waals surface area contributed by atoms with Gasteiger partial charge in [0.05, 0.1) is 23.5 Å². The van der Waals surface area contributed by atoms with Crippen molar-refractivity contribution in [3.05, 3.63) is 128 Å². The molecule has 0 aliphatic rings. The van der Waals surface area contributed by atoms with Gasteiger partial charge in [0.15, 0.2) is 0 Å². The smallest absolute Gasteiger partial charge is 0.251 e. The Bertz CT molecular complexity index is 2140. The third-order valence-corrected chi connectivity index (χ3v) is 12.2. The van der Waals surface area contributed by atoms with Gasteiger partial charge < -0.3 is 26.6 Å². The highest BCUT2D eigenvalue weighted by Crippen LogP contribution is 2.25. The van der Waals surface area contributed by atoms with Gasteiger partial charge in [-0.1, -0.05) is 76.0 Å². The predicted molar refractivity (Wildman–Crippen MR) is 234 cm³/mol. The quantitative estimate of drug-likeness (QED) is 0.0800. The van der Waals surface area contributed by atoms with Crippen molar-refractivity contribution in [3.8, 4) is 0 Å². The Morgan fingerprint density at radius 1 is 0.776 bits per heavy atom. The number of hydrogen-bond acceptors (Lipinski definition) is 8. The minimum Gasteiger partial charge on any atom is -0.355 e. The second kappa shape index (κ2) is 21.4. The molecule has 4 atom stereocenters. The lowest BCUT2D eigenvalue weighted by molar-refractivity contribution is -0.130. The molecule has 0 radical (unpaired) electrons. The molecule has 0 aliphatic carbocycles. The van der Waals surface area contributed by atoms with E-state index < -0.39 is 46.0 Å². The van der Waals surface area contributed by atoms with E-state index in [1.54, 1.807) is 50.4 Å². The van der Waals surface area contributed by atoms with Crippen molar-refractivity contribution >= 4 is 71.2 Å². The van der Waals surface area contributed by atoms with E-state index in [1.165, 1.54) is 25.2 Å². The van der Waals surface area contributed by atoms with Gasteiger partial charge in [0, 0.05) is 64.6 Å². The zero-order valence-electron chi connectivity index (χ0n) is 33.4. The molecule has 5 N–H and O–H groups in total. The number of amides is 4. The van der Waals surface area contributed by atoms with Crippen LogP contribution in [0.4, 0.5) is 5.69 Å². The number of benzene rings is 3. The molecule has 0 saturated carbocycles. The van der Waals surface area contributed by atoms with E-state index >= 15 is 0 Å². The summed E-state index contributed by atoms with van der Waals surface area (Å²) in [6.45, 7) is 9.55. The fourth-order valence-electron chi connectivity index (χ4n) is 5.94. The molecule has 3 aromatic carbocycles. The average molecular weight is 942 g/mol. The van der Waals surface area contributed by atoms with Gasteiger partial charge in [-0.2, -0.15) is 0 Å². The van der Waals surface area contributed by atoms with Crippen LogP contribution in [0.15, 0.2) is 100 Å². The minimum absolute atomic E-state index is 0.0446. The van der Waals surface area contributed by atoms with E-state index in [-0.39, 0.29) is 53.3 Å². The maximum atomic E-state index is 14.2. The van der Waals surface area contributed by atoms with Crippen LogP contribution < -0.4 is 30.9 Å². The maximum absolute atomic E-state index is 14.2. The lowest BCUT2D eigenvalue weighted by Gasteiger charge is -2.25. The first-order chi connectivity index (χ1) is 27.5. The first kappa shape index (κ1) is 46.1. The Morgan fingerprint density at radius 2 is 1.38 bits per heavy atom. The van der Waals surface area contributed by atoms with Gasteiger partial charge in [-0.05, 0) is 92.4 Å². The molecular weight excluding hydrogens is 890 g/mol. The number of nitrogens with zero attached hydrogens (tertiary/aromatic N) is 2. The standard InChI is InChI=1S/C42H51Br2N7O6S/c1-7-45-42(55)38(26(2)3)50-39(52)28(5)47-24-36(23-35-10-8-9-19-46-35)49-41(54)32-20-31(40(53)48-27(4)30-13-17-34(44)18-14-30)21-37(22-32)51(6)58(56,57)25-29-11-15-33(43)16-12-29/h8-22,26-28,36,38,47H,7,23-25H2,1-6H3,(H,45,55)(H,48,53)(H,49,54)(H,50,52)/t27-,28+,36+,38+/m1/s1. The van der Waals surface area contributed by atoms with Gasteiger partial charge in [-0.25, -0.2) is 8.42 Å². The maximum Gasteiger partial charge on any atom is 0.251 e. The first-order valence-electron chi connectivity index (χ1n) is 18.9. The summed E-state index contributed by atoms with van der Waals surface area (Å²) < 4.78 is 30.2. The number of rotatable bonds is 19. The van der Waals surface area contributed by atoms with Crippen LogP contribution in [-0.4, -0.2) is 75.3 Å². The number of hydrogen-bond donors (Lipinski definition) is 5. The van der Waals surface area contributed by atoms with Gasteiger partial charge in [-0.15, -0.1) is 0 Å². The highest BCUT2D eigenvalue weighted by molar-refractivity contribution is 9.10. The van der Waals surface area contributed by atoms with E-state index in [9.17, 15) is 27.6 Å². The first-order valence-corrected chi connectivity index (χ1v) is 22.1. The molecule has 310 valence electrons. The van der Waals surface area contributed by atoms with Crippen LogP contribution in [0.25, 0.3) is 0 Å². The summed E-state index contributed by atoms with van der Waals surface area (Å²) in [7, 11) is -2.60. The number of carbonyl (C=O) groups excluding carboxylic acids is 4. The average Bonchev–Trinajstić information content (AvgIpc) is 3.19. The zero-order chi connectivity index (χ0) is 42.6. The molecule has 58 heavy (non-hydrogen) atoms. The summed E-state index contributed by atoms with van der Waals surface area (Å²) in [4.78, 5) is 58.3. The van der Waals surface area contributed by atoms with E-state index in [4.69, 9.17) is 0 Å². The number of aromatic nitrogens is 1. The number of pyridine rings is 1. The van der Waals surface area contributed by atoms with Crippen LogP contribution >= 0.6 is 31.9 Å². The SMILES string of the molecule is CCNC(=O)[C@@H](NC(=O)[C@H](C)NC[C@H](Cc1ccccn1)NC(=O)c1cc(C(=O)N[C@H](C)c2ccc(Br)cc2)cc(N(C)S(=O)(=O)Cc2ccc(Br)cc2)c1)C(C)C. The van der Waals surface area contributed by atoms with E-state index in [2.05, 4.69) is 63.4 Å². The topological polar surface area (TPSA) is 179 Å². The highest BCUT2D eigenvalue weighted by atomic mass is 79.9. The van der Waals surface area contributed by atoms with Crippen molar-refractivity contribution in [2.45, 2.75) is 71.0 Å². The number of likely N-dealkylation sites (N-methyl/N-ethyl adjacent to an activating group) is 1. The summed E-state index contributed by atoms with van der Waals surface area (Å²) in [5, 5.41) is 14.7. The molecule has 1 heterocycles. The lowest BCUT2D eigenvalue weighted by atomic mass is 10.0. The Hall–Kier alpha value is -4.64. The normalized spacial score (nSPS) is 13.5. The Morgan fingerprint density at radius 3 is 1.95 bits per heavy atom. The predicted octanol–water partition coefficient (Wildman–Crippen LogP) is 5.66. The van der Waals surface area contributed by atoms with Crippen molar-refractivity contribution in [1.82, 2.24) is 31.6 Å². The second-order valence-corrected chi connectivity index (χ2v) is 18.1. The molecule has 4 rings (SSSR count). The summed E-state index contributed by atoms with van der Waals surface area (Å²) >= 11 is 6.80. The van der Waals surface area contributed by atoms with Crippen LogP contribution in [0.5, 0.6) is 0 Å². The molecule has 16 heteroatoms. The van der Waals surface area contributed by atoms with Crippen LogP contribution in [0.3, 0.4) is 0 Å². The van der Waals surface area contributed by atoms with Crippen molar-refractivity contribution in [3.63, 3.8) is 0 Å². The van der Waals surface area contributed by atoms with E-state index in [0.29, 0.717) is 17.8 Å². The van der Waals surface area contributed by atoms with Crippen molar-refractivity contribution in [1.29, 1.82) is 0 Å². The molecule has 4 amide bonds. The summed E-state index contributed by atoms with van der Waals surface area (Å²) in [5.74, 6) is -2.22. The van der Waals surface area contributed by atoms with Crippen LogP contribution in [-0.2, 0) is 31.8 Å². The second-order valence-electron chi connectivity index (χ2n) is 14.3. The molecule has 0 unspecified atom stereocenters. The third kappa shape index (κ3) is 13.5. The number of halogens is 2. The van der Waals surface area contributed by atoms with Gasteiger partial charge in [-0.3, -0.25) is 28.5 Å². The Labute approximate surface area is 357 Å². The monoisotopic (exact) mass is 939 g/mol. The van der Waals surface area contributed by atoms with Crippen molar-refractivity contribution < 1.29 is 27.6 Å². The van der Waals surface area contributed by atoms with Crippen LogP contribution in [0.1, 0.15) is 78.2 Å². The van der Waals surface area contributed by atoms with Crippen molar-refractivity contribution in [2.24, 2.45) is 5.92 Å². The summed E-state index contributed by atoms with van der Waals surface area (Å²) in [6.07, 6.45) is 1.92. The minimum atomic E-state index is -3.98. The molecule has 4 aromatic rings. The van der Waals surface area contributed by atoms with Crippen LogP contribution in [0.2, 0.25) is 0 Å². The molecule has 0 bridgehead atoms. The van der Waals surface area contributed by atoms with Crippen molar-refractivity contribution in [2.75, 3.05) is 24.4 Å². The summed E-state index contributed by atoms with van der Waals surface area (Å²) in [5.41, 5.74) is 2.32. The number of carbonyl (C=O) groups is 4. The number of anilines is 1. The van der Waals surface area contributed by atoms with Gasteiger partial charge in [0.2, 0.25) is 21.8 Å². The molecule has 0 aliphatic heterocycles. The molecule has 13 nitrogen and oxygen atoms in total. The number of sulfonamides is 1. The van der Waals surface area contributed by atoms with E-state index in [0.717, 1.165) is 18.8 Å². The van der Waals surface area contributed by atoms with Crippen LogP contribution in [0, 0.1) is 5.92 Å². The largest absolute Gasteiger partial charge is 0.355 e. The fourth-order valence-corrected chi connectivity index (χ4v) is 7.70. The zero-order valence-corrected chi connectivity index (χ0v) is 37.4. The molecule has 0 saturated heterocycles. The summed E-state index contributed by atoms with van der Waals surface area (Å²) in [6, 6.07) is 21.6. The Kier molecular flexibility index (Phi) is 17.0. The van der Waals surface area contributed by atoms with Gasteiger partial charge in [0.25, 0.3) is 11.8 Å². The molecule has 1 aromatic heterocycles. The molecule has 0 fully saturated rings. The third-order valence-electron chi connectivity index (χ3n) is 9.38. The number of nitrogens with one attached hydrogen (secondary N) is 5. The van der Waals surface area contributed by atoms with Gasteiger partial charge in [0.1, 0.15) is 6.04 Å². The van der Waals surface area contributed by atoms with Gasteiger partial charge >= 0.3 is 0 Å². The fraction of sp³-hybridized carbons (Fsp3) is 0.357. The molecular formula is C42H51Br2N7O6S. The highest BCUT2D eigenvalue weighted by Gasteiger charge is 2.28. The molecule has 0 spiro atoms. The lowest BCUT2D eigenvalue weighted by Crippen LogP contribution is -2.55. The Balaban J connectivity index is 1.63.